The normalized spacial score (nSPS) is 27.7. The number of nitrogens with two attached hydrogens (primary N) is 1. The van der Waals surface area contributed by atoms with Gasteiger partial charge in [-0.3, -0.25) is 9.09 Å². The van der Waals surface area contributed by atoms with E-state index < -0.39 is 54.1 Å². The molecule has 1 aliphatic rings. The molecule has 0 radical (unpaired) electrons. The monoisotopic (exact) mass is 561 g/mol. The molecule has 18 nitrogen and oxygen atoms in total. The summed E-state index contributed by atoms with van der Waals surface area (Å²) in [5, 5.41) is 21.2. The number of phosphoric acid groups is 3. The number of phosphoric ester groups is 1. The zero-order valence-electron chi connectivity index (χ0n) is 17.7. The highest BCUT2D eigenvalue weighted by molar-refractivity contribution is 7.66. The maximum atomic E-state index is 12.3. The Morgan fingerprint density at radius 3 is 2.43 bits per heavy atom. The molecule has 0 spiro atoms. The van der Waals surface area contributed by atoms with Gasteiger partial charge in [0.05, 0.1) is 6.33 Å². The Morgan fingerprint density at radius 1 is 1.11 bits per heavy atom. The van der Waals surface area contributed by atoms with Crippen LogP contribution in [0.1, 0.15) is 19.6 Å². The smallest absolute Gasteiger partial charge is 0.387 e. The van der Waals surface area contributed by atoms with Crippen molar-refractivity contribution in [3.63, 3.8) is 0 Å². The van der Waals surface area contributed by atoms with E-state index in [1.165, 1.54) is 23.0 Å². The summed E-state index contributed by atoms with van der Waals surface area (Å²) in [5.41, 5.74) is 6.06. The summed E-state index contributed by atoms with van der Waals surface area (Å²) in [7, 11) is -16.9. The van der Waals surface area contributed by atoms with Gasteiger partial charge < -0.3 is 40.3 Å². The zero-order valence-corrected chi connectivity index (χ0v) is 20.3. The summed E-state index contributed by atoms with van der Waals surface area (Å²) >= 11 is 0. The molecule has 8 N–H and O–H groups in total. The molecule has 3 heterocycles. The van der Waals surface area contributed by atoms with Crippen molar-refractivity contribution >= 4 is 40.4 Å². The molecule has 0 aliphatic carbocycles. The first kappa shape index (κ1) is 28.0. The van der Waals surface area contributed by atoms with Gasteiger partial charge in [-0.2, -0.15) is 8.62 Å². The molecule has 2 aromatic rings. The number of nitrogens with zero attached hydrogens (tertiary/aromatic N) is 4. The van der Waals surface area contributed by atoms with E-state index in [2.05, 4.69) is 23.6 Å². The minimum absolute atomic E-state index is 0.0388. The van der Waals surface area contributed by atoms with Crippen molar-refractivity contribution < 1.29 is 61.4 Å². The Balaban J connectivity index is 1.85. The molecule has 1 saturated heterocycles. The second-order valence-corrected chi connectivity index (χ2v) is 11.5. The number of aliphatic hydroxyl groups excluding tert-OH is 2. The van der Waals surface area contributed by atoms with Crippen molar-refractivity contribution in [1.29, 1.82) is 0 Å². The van der Waals surface area contributed by atoms with Crippen LogP contribution < -0.4 is 5.73 Å². The lowest BCUT2D eigenvalue weighted by Crippen LogP contribution is -2.39. The number of aliphatic hydroxyl groups is 2. The minimum Gasteiger partial charge on any atom is -0.387 e. The van der Waals surface area contributed by atoms with Crippen molar-refractivity contribution in [2.75, 3.05) is 5.73 Å². The molecule has 1 aliphatic heterocycles. The molecule has 0 saturated carbocycles. The first-order valence-corrected chi connectivity index (χ1v) is 14.0. The topological polar surface area (TPSA) is 279 Å². The number of anilines is 1. The van der Waals surface area contributed by atoms with Crippen molar-refractivity contribution in [3.05, 3.63) is 24.8 Å². The molecule has 196 valence electrons. The number of nitrogen functional groups attached to an aromatic ring is 1. The van der Waals surface area contributed by atoms with Crippen LogP contribution in [0, 0.1) is 0 Å². The van der Waals surface area contributed by atoms with Gasteiger partial charge in [0.25, 0.3) is 0 Å². The predicted octanol–water partition coefficient (Wildman–Crippen LogP) is -0.294. The third-order valence-corrected chi connectivity index (χ3v) is 8.46. The van der Waals surface area contributed by atoms with Crippen LogP contribution in [0.2, 0.25) is 0 Å². The predicted molar refractivity (Wildman–Crippen MR) is 114 cm³/mol. The Hall–Kier alpha value is -1.62. The Kier molecular flexibility index (Phi) is 8.30. The first-order chi connectivity index (χ1) is 16.1. The second kappa shape index (κ2) is 10.4. The lowest BCUT2D eigenvalue weighted by molar-refractivity contribution is -0.0797. The molecule has 0 bridgehead atoms. The lowest BCUT2D eigenvalue weighted by Gasteiger charge is -2.26. The Labute approximate surface area is 196 Å². The molecule has 3 unspecified atom stereocenters. The summed E-state index contributed by atoms with van der Waals surface area (Å²) in [5.74, 6) is 0.0388. The summed E-state index contributed by atoms with van der Waals surface area (Å²) in [6.45, 7) is 1.59. The third kappa shape index (κ3) is 6.78. The Bertz CT molecular complexity index is 1230. The van der Waals surface area contributed by atoms with Crippen LogP contribution in [0.15, 0.2) is 24.8 Å². The number of imidazole rings is 1. The fourth-order valence-corrected chi connectivity index (χ4v) is 6.46. The van der Waals surface area contributed by atoms with Gasteiger partial charge in [-0.15, -0.1) is 0 Å². The van der Waals surface area contributed by atoms with Crippen molar-refractivity contribution in [3.8, 4) is 0 Å². The summed E-state index contributed by atoms with van der Waals surface area (Å²) in [6.07, 6.45) is -2.75. The average Bonchev–Trinajstić information content (AvgIpc) is 3.25. The van der Waals surface area contributed by atoms with Crippen LogP contribution in [0.3, 0.4) is 0 Å². The van der Waals surface area contributed by atoms with Gasteiger partial charge in [-0.05, 0) is 13.3 Å². The molecule has 2 aromatic heterocycles. The fraction of sp³-hybridized carbons (Fsp3) is 0.500. The molecular formula is C14H22N5O13P3. The highest BCUT2D eigenvalue weighted by Gasteiger charge is 2.50. The number of allylic oxidation sites excluding steroid dienone is 1. The fourth-order valence-electron chi connectivity index (χ4n) is 3.26. The van der Waals surface area contributed by atoms with Gasteiger partial charge in [0.15, 0.2) is 17.7 Å². The van der Waals surface area contributed by atoms with Crippen LogP contribution in [0.4, 0.5) is 5.82 Å². The van der Waals surface area contributed by atoms with Gasteiger partial charge in [-0.1, -0.05) is 12.2 Å². The highest BCUT2D eigenvalue weighted by atomic mass is 31.3. The standard InChI is InChI=1S/C14H22N5O13P3/c1-2-3-4-7(30-34(25,26)32-35(27,28)31-33(22,23)24)11-9(20)10(21)14(29-11)19-6-18-8-12(15)16-5-17-13(8)19/h2-3,5-7,9-11,14,20-21H,4H2,1H3,(H,25,26)(H,27,28)(H2,15,16,17)(H2,22,23,24)/t7?,9-,10+,11+,14+/m0/s1. The van der Waals surface area contributed by atoms with Crippen molar-refractivity contribution in [2.24, 2.45) is 0 Å². The average molecular weight is 561 g/mol. The van der Waals surface area contributed by atoms with E-state index in [4.69, 9.17) is 24.8 Å². The zero-order chi connectivity index (χ0) is 26.2. The number of rotatable bonds is 10. The number of hydrogen-bond acceptors (Lipinski definition) is 13. The second-order valence-electron chi connectivity index (χ2n) is 7.09. The van der Waals surface area contributed by atoms with E-state index in [0.29, 0.717) is 0 Å². The van der Waals surface area contributed by atoms with Gasteiger partial charge in [0, 0.05) is 0 Å². The van der Waals surface area contributed by atoms with Gasteiger partial charge in [0.2, 0.25) is 0 Å². The molecule has 3 rings (SSSR count). The van der Waals surface area contributed by atoms with E-state index in [1.807, 2.05) is 0 Å². The molecule has 0 aromatic carbocycles. The summed E-state index contributed by atoms with van der Waals surface area (Å²) in [4.78, 5) is 48.4. The van der Waals surface area contributed by atoms with E-state index in [0.717, 1.165) is 6.33 Å². The van der Waals surface area contributed by atoms with Gasteiger partial charge >= 0.3 is 23.5 Å². The number of ether oxygens (including phenoxy) is 1. The van der Waals surface area contributed by atoms with Crippen molar-refractivity contribution in [2.45, 2.75) is 44.0 Å². The van der Waals surface area contributed by atoms with Crippen LogP contribution in [0.25, 0.3) is 11.2 Å². The van der Waals surface area contributed by atoms with E-state index in [9.17, 15) is 33.7 Å². The summed E-state index contributed by atoms with van der Waals surface area (Å²) < 4.78 is 54.0. The SMILES string of the molecule is CC=CCC(OP(=O)(O)OP(=O)(O)OP(=O)(O)O)[C@H]1O[C@@H](n2cnc3c(N)ncnc32)[C@H](O)[C@@H]1O. The summed E-state index contributed by atoms with van der Waals surface area (Å²) in [6, 6.07) is 0. The molecule has 21 heteroatoms. The van der Waals surface area contributed by atoms with Gasteiger partial charge in [0.1, 0.15) is 36.3 Å². The van der Waals surface area contributed by atoms with Crippen LogP contribution in [0.5, 0.6) is 0 Å². The lowest BCUT2D eigenvalue weighted by atomic mass is 10.0. The van der Waals surface area contributed by atoms with Crippen LogP contribution in [-0.2, 0) is 31.6 Å². The molecular weight excluding hydrogens is 539 g/mol. The molecule has 0 amide bonds. The minimum atomic E-state index is -5.77. The quantitative estimate of drug-likeness (QED) is 0.145. The third-order valence-electron chi connectivity index (χ3n) is 4.59. The number of fused-ring (bicyclic) bond motifs is 1. The maximum absolute atomic E-state index is 12.3. The number of aromatic nitrogens is 4. The maximum Gasteiger partial charge on any atom is 0.490 e. The molecule has 35 heavy (non-hydrogen) atoms. The van der Waals surface area contributed by atoms with E-state index in [1.54, 1.807) is 6.92 Å². The Morgan fingerprint density at radius 2 is 1.80 bits per heavy atom. The van der Waals surface area contributed by atoms with E-state index in [-0.39, 0.29) is 23.4 Å². The molecule has 7 atom stereocenters. The van der Waals surface area contributed by atoms with Crippen LogP contribution >= 0.6 is 23.5 Å². The van der Waals surface area contributed by atoms with Crippen LogP contribution in [-0.4, -0.2) is 73.7 Å². The largest absolute Gasteiger partial charge is 0.490 e. The molecule has 1 fully saturated rings. The van der Waals surface area contributed by atoms with Crippen molar-refractivity contribution in [1.82, 2.24) is 19.5 Å². The highest BCUT2D eigenvalue weighted by Crippen LogP contribution is 2.66. The first-order valence-electron chi connectivity index (χ1n) is 9.52. The van der Waals surface area contributed by atoms with Gasteiger partial charge in [-0.25, -0.2) is 28.6 Å². The number of hydrogen-bond donors (Lipinski definition) is 7. The van der Waals surface area contributed by atoms with E-state index >= 15 is 0 Å².